The number of hydrogen-bond donors (Lipinski definition) is 2. The molecule has 6 rings (SSSR count). The number of rotatable bonds is 5. The third-order valence-corrected chi connectivity index (χ3v) is 5.88. The van der Waals surface area contributed by atoms with Crippen LogP contribution in [0.4, 0.5) is 17.6 Å². The molecule has 10 heteroatoms. The number of nitrogens with zero attached hydrogens (tertiary/aromatic N) is 6. The van der Waals surface area contributed by atoms with E-state index in [0.717, 1.165) is 42.1 Å². The monoisotopic (exact) mass is 433 g/mol. The van der Waals surface area contributed by atoms with Crippen LogP contribution >= 0.6 is 0 Å². The van der Waals surface area contributed by atoms with E-state index in [0.29, 0.717) is 30.8 Å². The standard InChI is InChI=1S/C22H23N7O3/c30-13-16-3-1-7-28(16)22-25-21(17-4-2-8-29(17)26-22)24-20-12-27(14-23-20)15-5-6-18-19(11-15)32-10-9-31-18/h2,4-6,8,11-12,14,16,30H,1,3,7,9-10,13H2,(H,24,25,26). The van der Waals surface area contributed by atoms with Crippen molar-refractivity contribution in [1.82, 2.24) is 24.1 Å². The minimum absolute atomic E-state index is 0.0466. The van der Waals surface area contributed by atoms with Gasteiger partial charge in [0.2, 0.25) is 5.95 Å². The van der Waals surface area contributed by atoms with Gasteiger partial charge in [0.15, 0.2) is 17.3 Å². The van der Waals surface area contributed by atoms with E-state index in [9.17, 15) is 5.11 Å². The molecule has 164 valence electrons. The minimum Gasteiger partial charge on any atom is -0.486 e. The van der Waals surface area contributed by atoms with Crippen molar-refractivity contribution in [2.24, 2.45) is 0 Å². The van der Waals surface area contributed by atoms with Crippen LogP contribution in [0.2, 0.25) is 0 Å². The van der Waals surface area contributed by atoms with E-state index in [4.69, 9.17) is 14.5 Å². The number of anilines is 3. The number of fused-ring (bicyclic) bond motifs is 2. The molecule has 1 aromatic carbocycles. The highest BCUT2D eigenvalue weighted by Gasteiger charge is 2.27. The van der Waals surface area contributed by atoms with Crippen LogP contribution in [0.25, 0.3) is 11.2 Å². The Morgan fingerprint density at radius 2 is 2.06 bits per heavy atom. The number of aliphatic hydroxyl groups excluding tert-OH is 1. The number of aliphatic hydroxyl groups is 1. The predicted molar refractivity (Wildman–Crippen MR) is 118 cm³/mol. The van der Waals surface area contributed by atoms with Gasteiger partial charge in [0.25, 0.3) is 0 Å². The molecule has 2 aliphatic heterocycles. The summed E-state index contributed by atoms with van der Waals surface area (Å²) in [5.74, 6) is 3.41. The summed E-state index contributed by atoms with van der Waals surface area (Å²) in [7, 11) is 0. The number of nitrogens with one attached hydrogen (secondary N) is 1. The van der Waals surface area contributed by atoms with Gasteiger partial charge < -0.3 is 29.4 Å². The normalized spacial score (nSPS) is 17.8. The van der Waals surface area contributed by atoms with E-state index >= 15 is 0 Å². The van der Waals surface area contributed by atoms with Crippen molar-refractivity contribution < 1.29 is 14.6 Å². The van der Waals surface area contributed by atoms with Gasteiger partial charge >= 0.3 is 0 Å². The molecule has 3 aromatic heterocycles. The van der Waals surface area contributed by atoms with Crippen molar-refractivity contribution in [3.05, 3.63) is 49.1 Å². The molecule has 0 saturated carbocycles. The molecule has 0 radical (unpaired) electrons. The second kappa shape index (κ2) is 7.72. The number of hydrogen-bond acceptors (Lipinski definition) is 8. The lowest BCUT2D eigenvalue weighted by Crippen LogP contribution is -2.34. The highest BCUT2D eigenvalue weighted by molar-refractivity contribution is 5.73. The Labute approximate surface area is 184 Å². The van der Waals surface area contributed by atoms with Crippen LogP contribution in [-0.4, -0.2) is 61.7 Å². The fourth-order valence-corrected chi connectivity index (χ4v) is 4.27. The predicted octanol–water partition coefficient (Wildman–Crippen LogP) is 2.39. The van der Waals surface area contributed by atoms with E-state index < -0.39 is 0 Å². The zero-order valence-electron chi connectivity index (χ0n) is 17.4. The van der Waals surface area contributed by atoms with Crippen LogP contribution in [-0.2, 0) is 0 Å². The number of benzene rings is 1. The molecular weight excluding hydrogens is 410 g/mol. The van der Waals surface area contributed by atoms with Crippen LogP contribution in [0, 0.1) is 0 Å². The van der Waals surface area contributed by atoms with Crippen molar-refractivity contribution in [2.75, 3.05) is 36.6 Å². The molecule has 5 heterocycles. The fourth-order valence-electron chi connectivity index (χ4n) is 4.27. The second-order valence-electron chi connectivity index (χ2n) is 7.89. The van der Waals surface area contributed by atoms with Crippen molar-refractivity contribution in [2.45, 2.75) is 18.9 Å². The van der Waals surface area contributed by atoms with Crippen molar-refractivity contribution in [1.29, 1.82) is 0 Å². The van der Waals surface area contributed by atoms with E-state index in [-0.39, 0.29) is 12.6 Å². The Bertz CT molecular complexity index is 1270. The van der Waals surface area contributed by atoms with Gasteiger partial charge in [-0.25, -0.2) is 9.50 Å². The maximum Gasteiger partial charge on any atom is 0.245 e. The van der Waals surface area contributed by atoms with Crippen LogP contribution in [0.5, 0.6) is 11.5 Å². The summed E-state index contributed by atoms with van der Waals surface area (Å²) in [6, 6.07) is 9.75. The maximum atomic E-state index is 9.71. The Hall–Kier alpha value is -3.79. The van der Waals surface area contributed by atoms with E-state index in [2.05, 4.69) is 20.3 Å². The molecule has 2 aliphatic rings. The summed E-state index contributed by atoms with van der Waals surface area (Å²) in [6.45, 7) is 2.04. The van der Waals surface area contributed by atoms with Gasteiger partial charge in [-0.1, -0.05) is 0 Å². The summed E-state index contributed by atoms with van der Waals surface area (Å²) in [6.07, 6.45) is 7.49. The lowest BCUT2D eigenvalue weighted by molar-refractivity contribution is 0.171. The van der Waals surface area contributed by atoms with Gasteiger partial charge in [0, 0.05) is 18.8 Å². The van der Waals surface area contributed by atoms with Crippen LogP contribution in [0.15, 0.2) is 49.1 Å². The first-order chi connectivity index (χ1) is 15.8. The molecule has 2 N–H and O–H groups in total. The molecule has 0 aliphatic carbocycles. The molecule has 4 aromatic rings. The van der Waals surface area contributed by atoms with Crippen LogP contribution < -0.4 is 19.7 Å². The van der Waals surface area contributed by atoms with E-state index in [1.165, 1.54) is 0 Å². The lowest BCUT2D eigenvalue weighted by Gasteiger charge is -2.23. The summed E-state index contributed by atoms with van der Waals surface area (Å²) in [5.41, 5.74) is 1.77. The first kappa shape index (κ1) is 18.9. The van der Waals surface area contributed by atoms with E-state index in [1.54, 1.807) is 10.8 Å². The topological polar surface area (TPSA) is 102 Å². The molecular formula is C22H23N7O3. The lowest BCUT2D eigenvalue weighted by atomic mass is 10.2. The summed E-state index contributed by atoms with van der Waals surface area (Å²) in [5, 5.41) is 17.7. The number of imidazole rings is 1. The molecule has 1 saturated heterocycles. The fraction of sp³-hybridized carbons (Fsp3) is 0.318. The average molecular weight is 433 g/mol. The minimum atomic E-state index is 0.0466. The second-order valence-corrected chi connectivity index (χ2v) is 7.89. The first-order valence-corrected chi connectivity index (χ1v) is 10.7. The van der Waals surface area contributed by atoms with Crippen molar-refractivity contribution in [3.63, 3.8) is 0 Å². The Morgan fingerprint density at radius 1 is 1.16 bits per heavy atom. The molecule has 1 atom stereocenters. The Kier molecular flexibility index (Phi) is 4.57. The molecule has 32 heavy (non-hydrogen) atoms. The van der Waals surface area contributed by atoms with E-state index in [1.807, 2.05) is 47.3 Å². The van der Waals surface area contributed by atoms with Gasteiger partial charge in [0.05, 0.1) is 24.5 Å². The zero-order chi connectivity index (χ0) is 21.5. The summed E-state index contributed by atoms with van der Waals surface area (Å²) < 4.78 is 15.0. The highest BCUT2D eigenvalue weighted by Crippen LogP contribution is 2.32. The smallest absolute Gasteiger partial charge is 0.245 e. The van der Waals surface area contributed by atoms with Crippen LogP contribution in [0.1, 0.15) is 12.8 Å². The van der Waals surface area contributed by atoms with Gasteiger partial charge in [-0.3, -0.25) is 0 Å². The molecule has 1 unspecified atom stereocenters. The number of aromatic nitrogens is 5. The zero-order valence-corrected chi connectivity index (χ0v) is 17.4. The van der Waals surface area contributed by atoms with Crippen LogP contribution in [0.3, 0.4) is 0 Å². The van der Waals surface area contributed by atoms with Gasteiger partial charge in [-0.05, 0) is 37.1 Å². The first-order valence-electron chi connectivity index (χ1n) is 10.7. The van der Waals surface area contributed by atoms with Gasteiger partial charge in [0.1, 0.15) is 30.9 Å². The maximum absolute atomic E-state index is 9.71. The summed E-state index contributed by atoms with van der Waals surface area (Å²) >= 11 is 0. The SMILES string of the molecule is OCC1CCCN1c1nc(Nc2cn(-c3ccc4c(c3)OCCO4)cn2)c2cccn2n1. The highest BCUT2D eigenvalue weighted by atomic mass is 16.6. The Morgan fingerprint density at radius 3 is 2.97 bits per heavy atom. The molecule has 0 amide bonds. The molecule has 1 fully saturated rings. The molecule has 10 nitrogen and oxygen atoms in total. The van der Waals surface area contributed by atoms with Gasteiger partial charge in [-0.2, -0.15) is 4.98 Å². The number of ether oxygens (including phenoxy) is 2. The molecule has 0 bridgehead atoms. The quantitative estimate of drug-likeness (QED) is 0.495. The Balaban J connectivity index is 1.31. The average Bonchev–Trinajstić information content (AvgIpc) is 3.58. The van der Waals surface area contributed by atoms with Crippen molar-refractivity contribution in [3.8, 4) is 17.2 Å². The largest absolute Gasteiger partial charge is 0.486 e. The third-order valence-electron chi connectivity index (χ3n) is 5.88. The summed E-state index contributed by atoms with van der Waals surface area (Å²) in [4.78, 5) is 11.3. The van der Waals surface area contributed by atoms with Gasteiger partial charge in [-0.15, -0.1) is 5.10 Å². The molecule has 0 spiro atoms. The third kappa shape index (κ3) is 3.28. The van der Waals surface area contributed by atoms with Crippen molar-refractivity contribution >= 4 is 23.1 Å².